The number of amides is 1. The van der Waals surface area contributed by atoms with Crippen molar-refractivity contribution in [3.63, 3.8) is 0 Å². The Morgan fingerprint density at radius 3 is 3.00 bits per heavy atom. The van der Waals surface area contributed by atoms with Crippen LogP contribution in [0.4, 0.5) is 0 Å². The van der Waals surface area contributed by atoms with Crippen molar-refractivity contribution in [3.05, 3.63) is 28.0 Å². The van der Waals surface area contributed by atoms with Crippen LogP contribution < -0.4 is 10.9 Å². The fourth-order valence-corrected chi connectivity index (χ4v) is 2.32. The molecule has 0 aliphatic heterocycles. The Bertz CT molecular complexity index is 697. The smallest absolute Gasteiger partial charge is 0.262 e. The maximum Gasteiger partial charge on any atom is 0.262 e. The molecule has 2 aromatic heterocycles. The van der Waals surface area contributed by atoms with Gasteiger partial charge in [-0.05, 0) is 32.6 Å². The molecule has 1 fully saturated rings. The number of nitrogens with zero attached hydrogens (tertiary/aromatic N) is 1. The van der Waals surface area contributed by atoms with Gasteiger partial charge in [-0.15, -0.1) is 0 Å². The first kappa shape index (κ1) is 12.0. The first-order chi connectivity index (χ1) is 9.08. The number of carbonyl (C=O) groups excluding carboxylic acids is 1. The fraction of sp³-hybridized carbons (Fsp3) is 0.462. The van der Waals surface area contributed by atoms with Crippen LogP contribution in [0, 0.1) is 12.8 Å². The van der Waals surface area contributed by atoms with Crippen molar-refractivity contribution in [1.82, 2.24) is 15.3 Å². The highest BCUT2D eigenvalue weighted by Crippen LogP contribution is 2.32. The molecule has 2 N–H and O–H groups in total. The maximum atomic E-state index is 12.3. The van der Waals surface area contributed by atoms with E-state index >= 15 is 0 Å². The van der Waals surface area contributed by atoms with E-state index in [1.807, 2.05) is 6.92 Å². The minimum Gasteiger partial charge on any atom is -0.442 e. The van der Waals surface area contributed by atoms with Gasteiger partial charge in [0.15, 0.2) is 0 Å². The summed E-state index contributed by atoms with van der Waals surface area (Å²) in [6.45, 7) is 3.65. The van der Waals surface area contributed by atoms with Crippen LogP contribution in [0.25, 0.3) is 11.1 Å². The summed E-state index contributed by atoms with van der Waals surface area (Å²) in [5.41, 5.74) is 0.133. The molecule has 2 heterocycles. The third-order valence-electron chi connectivity index (χ3n) is 3.59. The zero-order valence-electron chi connectivity index (χ0n) is 10.8. The average Bonchev–Trinajstić information content (AvgIpc) is 3.12. The van der Waals surface area contributed by atoms with Crippen molar-refractivity contribution in [2.24, 2.45) is 5.92 Å². The second kappa shape index (κ2) is 4.22. The van der Waals surface area contributed by atoms with Crippen molar-refractivity contribution >= 4 is 17.0 Å². The number of furan rings is 1. The van der Waals surface area contributed by atoms with Crippen LogP contribution >= 0.6 is 0 Å². The van der Waals surface area contributed by atoms with Crippen LogP contribution in [0.3, 0.4) is 0 Å². The lowest BCUT2D eigenvalue weighted by Crippen LogP contribution is -2.34. The number of H-pyrrole nitrogens is 1. The predicted octanol–water partition coefficient (Wildman–Crippen LogP) is 1.35. The van der Waals surface area contributed by atoms with E-state index in [1.54, 1.807) is 6.92 Å². The minimum atomic E-state index is -0.355. The van der Waals surface area contributed by atoms with E-state index in [4.69, 9.17) is 4.42 Å². The van der Waals surface area contributed by atoms with Gasteiger partial charge < -0.3 is 14.7 Å². The van der Waals surface area contributed by atoms with Crippen LogP contribution in [-0.4, -0.2) is 21.9 Å². The molecule has 0 spiro atoms. The molecule has 6 heteroatoms. The summed E-state index contributed by atoms with van der Waals surface area (Å²) in [4.78, 5) is 30.5. The monoisotopic (exact) mass is 261 g/mol. The van der Waals surface area contributed by atoms with Gasteiger partial charge >= 0.3 is 0 Å². The lowest BCUT2D eigenvalue weighted by atomic mass is 10.1. The van der Waals surface area contributed by atoms with E-state index in [-0.39, 0.29) is 34.2 Å². The normalized spacial score (nSPS) is 16.5. The van der Waals surface area contributed by atoms with Crippen molar-refractivity contribution < 1.29 is 9.21 Å². The van der Waals surface area contributed by atoms with Crippen LogP contribution in [0.15, 0.2) is 15.5 Å². The molecule has 1 aliphatic rings. The molecule has 1 aliphatic carbocycles. The number of aromatic nitrogens is 2. The van der Waals surface area contributed by atoms with Gasteiger partial charge in [0.2, 0.25) is 5.71 Å². The first-order valence-electron chi connectivity index (χ1n) is 6.35. The van der Waals surface area contributed by atoms with E-state index in [2.05, 4.69) is 15.3 Å². The predicted molar refractivity (Wildman–Crippen MR) is 69.0 cm³/mol. The molecular weight excluding hydrogens is 246 g/mol. The second-order valence-corrected chi connectivity index (χ2v) is 5.04. The number of hydrogen-bond donors (Lipinski definition) is 2. The molecule has 6 nitrogen and oxygen atoms in total. The number of nitrogens with one attached hydrogen (secondary N) is 2. The highest BCUT2D eigenvalue weighted by Gasteiger charge is 2.30. The Morgan fingerprint density at radius 2 is 2.32 bits per heavy atom. The summed E-state index contributed by atoms with van der Waals surface area (Å²) < 4.78 is 5.37. The summed E-state index contributed by atoms with van der Waals surface area (Å²) >= 11 is 0. The standard InChI is InChI=1S/C13H15N3O3/c1-6(8-3-4-8)16-12(18)9-7(2)19-13-10(9)11(17)14-5-15-13/h5-6,8H,3-4H2,1-2H3,(H,16,18)(H,14,15,17). The Balaban J connectivity index is 2.01. The highest BCUT2D eigenvalue weighted by atomic mass is 16.3. The van der Waals surface area contributed by atoms with Crippen LogP contribution in [-0.2, 0) is 0 Å². The summed E-state index contributed by atoms with van der Waals surface area (Å²) in [5.74, 6) is 0.702. The summed E-state index contributed by atoms with van der Waals surface area (Å²) in [7, 11) is 0. The first-order valence-corrected chi connectivity index (χ1v) is 6.35. The molecule has 1 saturated carbocycles. The third kappa shape index (κ3) is 2.03. The summed E-state index contributed by atoms with van der Waals surface area (Å²) in [6.07, 6.45) is 3.56. The van der Waals surface area contributed by atoms with Crippen molar-refractivity contribution in [2.75, 3.05) is 0 Å². The van der Waals surface area contributed by atoms with Gasteiger partial charge in [-0.3, -0.25) is 9.59 Å². The van der Waals surface area contributed by atoms with E-state index in [0.717, 1.165) is 12.8 Å². The Labute approximate surface area is 109 Å². The van der Waals surface area contributed by atoms with Crippen molar-refractivity contribution in [1.29, 1.82) is 0 Å². The molecule has 0 radical (unpaired) electrons. The van der Waals surface area contributed by atoms with Gasteiger partial charge in [0.1, 0.15) is 11.1 Å². The van der Waals surface area contributed by atoms with E-state index in [1.165, 1.54) is 6.33 Å². The highest BCUT2D eigenvalue weighted by molar-refractivity contribution is 6.06. The lowest BCUT2D eigenvalue weighted by molar-refractivity contribution is 0.0935. The number of rotatable bonds is 3. The molecule has 100 valence electrons. The largest absolute Gasteiger partial charge is 0.442 e. The molecule has 0 aromatic carbocycles. The Morgan fingerprint density at radius 1 is 1.58 bits per heavy atom. The van der Waals surface area contributed by atoms with Gasteiger partial charge in [0.05, 0.1) is 11.9 Å². The average molecular weight is 261 g/mol. The van der Waals surface area contributed by atoms with Crippen molar-refractivity contribution in [3.8, 4) is 0 Å². The number of carbonyl (C=O) groups is 1. The van der Waals surface area contributed by atoms with E-state index in [9.17, 15) is 9.59 Å². The zero-order chi connectivity index (χ0) is 13.6. The van der Waals surface area contributed by atoms with Gasteiger partial charge in [-0.25, -0.2) is 4.98 Å². The van der Waals surface area contributed by atoms with Crippen molar-refractivity contribution in [2.45, 2.75) is 32.7 Å². The van der Waals surface area contributed by atoms with E-state index in [0.29, 0.717) is 11.7 Å². The molecule has 2 aromatic rings. The van der Waals surface area contributed by atoms with Crippen LogP contribution in [0.2, 0.25) is 0 Å². The van der Waals surface area contributed by atoms with Crippen LogP contribution in [0.5, 0.6) is 0 Å². The SMILES string of the molecule is Cc1oc2nc[nH]c(=O)c2c1C(=O)NC(C)C1CC1. The van der Waals surface area contributed by atoms with Gasteiger partial charge in [0.25, 0.3) is 11.5 Å². The fourth-order valence-electron chi connectivity index (χ4n) is 2.32. The number of hydrogen-bond acceptors (Lipinski definition) is 4. The molecular formula is C13H15N3O3. The maximum absolute atomic E-state index is 12.3. The molecule has 1 unspecified atom stereocenters. The van der Waals surface area contributed by atoms with Gasteiger partial charge in [-0.2, -0.15) is 0 Å². The number of aromatic amines is 1. The minimum absolute atomic E-state index is 0.118. The van der Waals surface area contributed by atoms with E-state index < -0.39 is 0 Å². The summed E-state index contributed by atoms with van der Waals surface area (Å²) in [6, 6.07) is 0.118. The van der Waals surface area contributed by atoms with Crippen LogP contribution in [0.1, 0.15) is 35.9 Å². The molecule has 19 heavy (non-hydrogen) atoms. The summed E-state index contributed by atoms with van der Waals surface area (Å²) in [5, 5.41) is 3.15. The zero-order valence-corrected chi connectivity index (χ0v) is 10.8. The quantitative estimate of drug-likeness (QED) is 0.873. The number of fused-ring (bicyclic) bond motifs is 1. The third-order valence-corrected chi connectivity index (χ3v) is 3.59. The number of aryl methyl sites for hydroxylation is 1. The lowest BCUT2D eigenvalue weighted by Gasteiger charge is -2.12. The molecule has 0 saturated heterocycles. The Kier molecular flexibility index (Phi) is 2.66. The second-order valence-electron chi connectivity index (χ2n) is 5.04. The topological polar surface area (TPSA) is 88.0 Å². The Hall–Kier alpha value is -2.11. The molecule has 1 atom stereocenters. The molecule has 3 rings (SSSR count). The molecule has 1 amide bonds. The van der Waals surface area contributed by atoms with Gasteiger partial charge in [-0.1, -0.05) is 0 Å². The molecule has 0 bridgehead atoms. The van der Waals surface area contributed by atoms with Gasteiger partial charge in [0, 0.05) is 6.04 Å².